The average molecular weight is 230 g/mol. The lowest BCUT2D eigenvalue weighted by molar-refractivity contribution is 0.206. The Morgan fingerprint density at radius 3 is 2.25 bits per heavy atom. The van der Waals surface area contributed by atoms with Gasteiger partial charge < -0.3 is 15.8 Å². The van der Waals surface area contributed by atoms with Gasteiger partial charge in [-0.3, -0.25) is 4.90 Å². The molecule has 5 nitrogen and oxygen atoms in total. The van der Waals surface area contributed by atoms with Crippen molar-refractivity contribution in [1.82, 2.24) is 9.80 Å². The van der Waals surface area contributed by atoms with Crippen LogP contribution in [0.2, 0.25) is 0 Å². The zero-order chi connectivity index (χ0) is 12.6. The first-order valence-electron chi connectivity index (χ1n) is 5.92. The summed E-state index contributed by atoms with van der Waals surface area (Å²) >= 11 is 0. The van der Waals surface area contributed by atoms with Gasteiger partial charge in [0.1, 0.15) is 0 Å². The molecule has 0 aromatic rings. The van der Waals surface area contributed by atoms with E-state index in [2.05, 4.69) is 42.9 Å². The van der Waals surface area contributed by atoms with Gasteiger partial charge in [-0.15, -0.1) is 0 Å². The smallest absolute Gasteiger partial charge is 0.156 e. The van der Waals surface area contributed by atoms with E-state index in [1.54, 1.807) is 0 Å². The first kappa shape index (κ1) is 15.2. The monoisotopic (exact) mass is 230 g/mol. The fourth-order valence-corrected chi connectivity index (χ4v) is 1.76. The average Bonchev–Trinajstić information content (AvgIpc) is 2.26. The topological polar surface area (TPSA) is 65.1 Å². The second-order valence-electron chi connectivity index (χ2n) is 4.29. The fourth-order valence-electron chi connectivity index (χ4n) is 1.76. The summed E-state index contributed by atoms with van der Waals surface area (Å²) in [6.45, 7) is 7.09. The molecule has 0 heterocycles. The molecule has 0 aliphatic heterocycles. The number of nitrogens with two attached hydrogens (primary N) is 1. The number of amidine groups is 1. The molecule has 0 aliphatic carbocycles. The lowest BCUT2D eigenvalue weighted by atomic mass is 10.1. The maximum atomic E-state index is 8.76. The van der Waals surface area contributed by atoms with Crippen molar-refractivity contribution >= 4 is 5.84 Å². The molecule has 0 bridgehead atoms. The van der Waals surface area contributed by atoms with Crippen LogP contribution in [0.25, 0.3) is 0 Å². The summed E-state index contributed by atoms with van der Waals surface area (Å²) in [5.74, 6) is 0.315. The summed E-state index contributed by atoms with van der Waals surface area (Å²) in [6.07, 6.45) is 1.94. The van der Waals surface area contributed by atoms with E-state index in [1.165, 1.54) is 0 Å². The molecule has 3 N–H and O–H groups in total. The van der Waals surface area contributed by atoms with Gasteiger partial charge >= 0.3 is 0 Å². The molecule has 0 saturated carbocycles. The summed E-state index contributed by atoms with van der Waals surface area (Å²) < 4.78 is 0. The van der Waals surface area contributed by atoms with Crippen LogP contribution in [-0.2, 0) is 0 Å². The van der Waals surface area contributed by atoms with Gasteiger partial charge in [-0.05, 0) is 33.5 Å². The Morgan fingerprint density at radius 2 is 1.88 bits per heavy atom. The zero-order valence-electron chi connectivity index (χ0n) is 11.0. The van der Waals surface area contributed by atoms with E-state index in [0.29, 0.717) is 5.84 Å². The summed E-state index contributed by atoms with van der Waals surface area (Å²) in [5.41, 5.74) is 5.71. The van der Waals surface area contributed by atoms with Crippen LogP contribution in [0.5, 0.6) is 0 Å². The molecule has 96 valence electrons. The van der Waals surface area contributed by atoms with Gasteiger partial charge in [-0.2, -0.15) is 0 Å². The minimum absolute atomic E-state index is 0.0462. The normalized spacial score (nSPS) is 14.8. The Hall–Kier alpha value is -0.810. The highest BCUT2D eigenvalue weighted by atomic mass is 16.4. The molecule has 0 aliphatic rings. The molecule has 0 fully saturated rings. The molecule has 0 radical (unpaired) electrons. The third-order valence-corrected chi connectivity index (χ3v) is 2.63. The van der Waals surface area contributed by atoms with E-state index in [9.17, 15) is 0 Å². The third kappa shape index (κ3) is 5.32. The largest absolute Gasteiger partial charge is 0.409 e. The van der Waals surface area contributed by atoms with E-state index in [-0.39, 0.29) is 6.04 Å². The van der Waals surface area contributed by atoms with Crippen molar-refractivity contribution in [2.45, 2.75) is 32.7 Å². The molecule has 0 aromatic carbocycles. The predicted molar refractivity (Wildman–Crippen MR) is 67.9 cm³/mol. The molecule has 0 amide bonds. The highest BCUT2D eigenvalue weighted by Crippen LogP contribution is 2.05. The third-order valence-electron chi connectivity index (χ3n) is 2.63. The highest BCUT2D eigenvalue weighted by molar-refractivity contribution is 5.85. The van der Waals surface area contributed by atoms with E-state index in [0.717, 1.165) is 32.5 Å². The molecular weight excluding hydrogens is 204 g/mol. The van der Waals surface area contributed by atoms with Crippen molar-refractivity contribution in [3.63, 3.8) is 0 Å². The van der Waals surface area contributed by atoms with Crippen LogP contribution in [-0.4, -0.2) is 60.6 Å². The van der Waals surface area contributed by atoms with Gasteiger partial charge in [-0.25, -0.2) is 0 Å². The Labute approximate surface area is 98.9 Å². The molecule has 0 spiro atoms. The highest BCUT2D eigenvalue weighted by Gasteiger charge is 2.19. The van der Waals surface area contributed by atoms with Gasteiger partial charge in [0, 0.05) is 13.1 Å². The molecule has 0 saturated heterocycles. The number of hydrogen-bond donors (Lipinski definition) is 2. The van der Waals surface area contributed by atoms with Gasteiger partial charge in [-0.1, -0.05) is 19.0 Å². The maximum absolute atomic E-state index is 8.76. The van der Waals surface area contributed by atoms with Crippen LogP contribution in [0.4, 0.5) is 0 Å². The molecule has 1 unspecified atom stereocenters. The minimum atomic E-state index is 0.0462. The van der Waals surface area contributed by atoms with Gasteiger partial charge in [0.15, 0.2) is 5.84 Å². The Morgan fingerprint density at radius 1 is 1.25 bits per heavy atom. The SMILES string of the molecule is CCCN(CCN(C)C)C(CC)C(N)=NO. The summed E-state index contributed by atoms with van der Waals surface area (Å²) in [4.78, 5) is 4.41. The van der Waals surface area contributed by atoms with E-state index >= 15 is 0 Å². The number of likely N-dealkylation sites (N-methyl/N-ethyl adjacent to an activating group) is 1. The van der Waals surface area contributed by atoms with Gasteiger partial charge in [0.2, 0.25) is 0 Å². The first-order valence-corrected chi connectivity index (χ1v) is 5.92. The lowest BCUT2D eigenvalue weighted by Gasteiger charge is -2.30. The van der Waals surface area contributed by atoms with Crippen molar-refractivity contribution in [2.24, 2.45) is 10.9 Å². The number of nitrogens with zero attached hydrogens (tertiary/aromatic N) is 3. The van der Waals surface area contributed by atoms with Crippen molar-refractivity contribution in [3.8, 4) is 0 Å². The fraction of sp³-hybridized carbons (Fsp3) is 0.909. The van der Waals surface area contributed by atoms with E-state index < -0.39 is 0 Å². The lowest BCUT2D eigenvalue weighted by Crippen LogP contribution is -2.47. The second kappa shape index (κ2) is 8.35. The van der Waals surface area contributed by atoms with Crippen LogP contribution in [0, 0.1) is 0 Å². The molecular formula is C11H26N4O. The zero-order valence-corrected chi connectivity index (χ0v) is 11.0. The predicted octanol–water partition coefficient (Wildman–Crippen LogP) is 0.785. The van der Waals surface area contributed by atoms with Crippen LogP contribution in [0.3, 0.4) is 0 Å². The Bertz CT molecular complexity index is 206. The summed E-state index contributed by atoms with van der Waals surface area (Å²) in [5, 5.41) is 11.9. The van der Waals surface area contributed by atoms with Crippen molar-refractivity contribution < 1.29 is 5.21 Å². The van der Waals surface area contributed by atoms with Gasteiger partial charge in [0.05, 0.1) is 6.04 Å². The molecule has 0 rings (SSSR count). The van der Waals surface area contributed by atoms with Crippen molar-refractivity contribution in [3.05, 3.63) is 0 Å². The Kier molecular flexibility index (Phi) is 7.93. The quantitative estimate of drug-likeness (QED) is 0.280. The maximum Gasteiger partial charge on any atom is 0.156 e. The van der Waals surface area contributed by atoms with Gasteiger partial charge in [0.25, 0.3) is 0 Å². The van der Waals surface area contributed by atoms with Crippen LogP contribution >= 0.6 is 0 Å². The van der Waals surface area contributed by atoms with Crippen LogP contribution in [0.1, 0.15) is 26.7 Å². The van der Waals surface area contributed by atoms with Crippen LogP contribution in [0.15, 0.2) is 5.16 Å². The van der Waals surface area contributed by atoms with Crippen molar-refractivity contribution in [1.29, 1.82) is 0 Å². The Balaban J connectivity index is 4.46. The van der Waals surface area contributed by atoms with Crippen molar-refractivity contribution in [2.75, 3.05) is 33.7 Å². The minimum Gasteiger partial charge on any atom is -0.409 e. The summed E-state index contributed by atoms with van der Waals surface area (Å²) in [7, 11) is 4.10. The summed E-state index contributed by atoms with van der Waals surface area (Å²) in [6, 6.07) is 0.0462. The number of oxime groups is 1. The standard InChI is InChI=1S/C11H26N4O/c1-5-7-15(9-8-14(3)4)10(6-2)11(12)13-16/h10,16H,5-9H2,1-4H3,(H2,12,13). The van der Waals surface area contributed by atoms with Crippen LogP contribution < -0.4 is 5.73 Å². The second-order valence-corrected chi connectivity index (χ2v) is 4.29. The number of hydrogen-bond acceptors (Lipinski definition) is 4. The van der Waals surface area contributed by atoms with E-state index in [4.69, 9.17) is 10.9 Å². The molecule has 1 atom stereocenters. The molecule has 0 aromatic heterocycles. The number of rotatable bonds is 8. The molecule has 5 heteroatoms. The molecule has 16 heavy (non-hydrogen) atoms. The van der Waals surface area contributed by atoms with E-state index in [1.807, 2.05) is 0 Å². The first-order chi connectivity index (χ1) is 7.56.